The summed E-state index contributed by atoms with van der Waals surface area (Å²) in [5.74, 6) is -2.07. The Morgan fingerprint density at radius 3 is 2.42 bits per heavy atom. The Balaban J connectivity index is 0.988. The fraction of sp³-hybridized carbons (Fsp3) is 0.268. The van der Waals surface area contributed by atoms with Gasteiger partial charge in [-0.15, -0.1) is 0 Å². The van der Waals surface area contributed by atoms with E-state index >= 15 is 0 Å². The average Bonchev–Trinajstić information content (AvgIpc) is 3.46. The molecule has 5 N–H and O–H groups in total. The van der Waals surface area contributed by atoms with Crippen molar-refractivity contribution in [1.29, 1.82) is 10.5 Å². The summed E-state index contributed by atoms with van der Waals surface area (Å²) in [5, 5.41) is 38.2. The number of aromatic amines is 1. The van der Waals surface area contributed by atoms with Gasteiger partial charge < -0.3 is 40.3 Å². The third-order valence-corrected chi connectivity index (χ3v) is 9.12. The van der Waals surface area contributed by atoms with Crippen molar-refractivity contribution < 1.29 is 46.5 Å². The summed E-state index contributed by atoms with van der Waals surface area (Å²) >= 11 is 0. The summed E-state index contributed by atoms with van der Waals surface area (Å²) in [7, 11) is 0. The maximum Gasteiger partial charge on any atom is 0.417 e. The van der Waals surface area contributed by atoms with E-state index in [1.165, 1.54) is 42.5 Å². The summed E-state index contributed by atoms with van der Waals surface area (Å²) in [6, 6.07) is 21.4. The molecular formula is C41H36F4N6O6. The summed E-state index contributed by atoms with van der Waals surface area (Å²) in [4.78, 5) is 28.7. The predicted octanol–water partition coefficient (Wildman–Crippen LogP) is 5.98. The van der Waals surface area contributed by atoms with E-state index in [0.29, 0.717) is 48.8 Å². The number of aromatic nitrogens is 1. The third kappa shape index (κ3) is 9.50. The monoisotopic (exact) mass is 784 g/mol. The molecule has 0 fully saturated rings. The minimum atomic E-state index is -4.97. The number of benzene rings is 4. The van der Waals surface area contributed by atoms with Crippen molar-refractivity contribution in [2.24, 2.45) is 0 Å². The summed E-state index contributed by atoms with van der Waals surface area (Å²) in [5.41, 5.74) is 0.199. The second kappa shape index (κ2) is 17.1. The van der Waals surface area contributed by atoms with E-state index in [4.69, 9.17) is 19.5 Å². The molecule has 0 unspecified atom stereocenters. The van der Waals surface area contributed by atoms with Crippen LogP contribution < -0.4 is 25.4 Å². The lowest BCUT2D eigenvalue weighted by atomic mass is 9.99. The zero-order valence-electron chi connectivity index (χ0n) is 30.5. The molecule has 12 nitrogen and oxygen atoms in total. The second-order valence-electron chi connectivity index (χ2n) is 13.4. The highest BCUT2D eigenvalue weighted by Gasteiger charge is 2.37. The number of ether oxygens (including phenoxy) is 3. The van der Waals surface area contributed by atoms with Gasteiger partial charge in [0.05, 0.1) is 36.0 Å². The molecule has 0 saturated carbocycles. The summed E-state index contributed by atoms with van der Waals surface area (Å²) in [6.07, 6.45) is -4.37. The van der Waals surface area contributed by atoms with Crippen LogP contribution in [-0.2, 0) is 28.7 Å². The quantitative estimate of drug-likeness (QED) is 0.0631. The first-order chi connectivity index (χ1) is 27.3. The fourth-order valence-electron chi connectivity index (χ4n) is 6.24. The van der Waals surface area contributed by atoms with E-state index in [9.17, 15) is 37.5 Å². The molecule has 1 aliphatic heterocycles. The van der Waals surface area contributed by atoms with Crippen LogP contribution in [0.3, 0.4) is 0 Å². The van der Waals surface area contributed by atoms with Crippen molar-refractivity contribution in [2.75, 3.05) is 44.8 Å². The van der Waals surface area contributed by atoms with Gasteiger partial charge in [-0.1, -0.05) is 24.3 Å². The smallest absolute Gasteiger partial charge is 0.417 e. The van der Waals surface area contributed by atoms with Gasteiger partial charge in [0.1, 0.15) is 42.2 Å². The lowest BCUT2D eigenvalue weighted by molar-refractivity contribution is -0.138. The molecule has 4 aromatic carbocycles. The van der Waals surface area contributed by atoms with Crippen LogP contribution in [0.15, 0.2) is 72.8 Å². The number of carbonyl (C=O) groups excluding carboxylic acids is 2. The summed E-state index contributed by atoms with van der Waals surface area (Å²) in [6.45, 7) is 1.92. The molecule has 0 bridgehead atoms. The molecule has 0 spiro atoms. The van der Waals surface area contributed by atoms with Crippen LogP contribution in [0, 0.1) is 28.5 Å². The molecule has 1 aromatic heterocycles. The molecule has 5 aromatic rings. The zero-order chi connectivity index (χ0) is 40.7. The van der Waals surface area contributed by atoms with Crippen LogP contribution >= 0.6 is 0 Å². The van der Waals surface area contributed by atoms with Gasteiger partial charge in [0.15, 0.2) is 5.60 Å². The van der Waals surface area contributed by atoms with Gasteiger partial charge in [-0.3, -0.25) is 9.59 Å². The molecule has 0 radical (unpaired) electrons. The lowest BCUT2D eigenvalue weighted by Crippen LogP contribution is -2.45. The Labute approximate surface area is 324 Å². The molecular weight excluding hydrogens is 748 g/mol. The number of H-pyrrole nitrogens is 1. The SMILES string of the molecule is C[C@@](O)(COc1ccc(C#N)cc1)C(=O)Nc1cc(OCCOCCNCc2ccc(-c3[nH]c4cc(F)cc5c4c3CCNC5=O)cc2)c(C#N)c(C(F)(F)F)c1. The van der Waals surface area contributed by atoms with E-state index in [1.807, 2.05) is 30.3 Å². The van der Waals surface area contributed by atoms with Crippen molar-refractivity contribution in [1.82, 2.24) is 15.6 Å². The van der Waals surface area contributed by atoms with Crippen LogP contribution in [0.1, 0.15) is 45.1 Å². The zero-order valence-corrected chi connectivity index (χ0v) is 30.5. The van der Waals surface area contributed by atoms with Crippen LogP contribution in [0.25, 0.3) is 22.2 Å². The number of nitrogens with zero attached hydrogens (tertiary/aromatic N) is 2. The van der Waals surface area contributed by atoms with Gasteiger partial charge in [-0.25, -0.2) is 4.39 Å². The van der Waals surface area contributed by atoms with Gasteiger partial charge in [0.2, 0.25) is 0 Å². The number of carbonyl (C=O) groups is 2. The van der Waals surface area contributed by atoms with Crippen molar-refractivity contribution in [3.63, 3.8) is 0 Å². The number of alkyl halides is 3. The lowest BCUT2D eigenvalue weighted by Gasteiger charge is -2.23. The Bertz CT molecular complexity index is 2360. The molecule has 0 aliphatic carbocycles. The van der Waals surface area contributed by atoms with Crippen molar-refractivity contribution in [3.8, 4) is 34.9 Å². The first kappa shape index (κ1) is 40.2. The van der Waals surface area contributed by atoms with Crippen molar-refractivity contribution >= 4 is 28.4 Å². The van der Waals surface area contributed by atoms with Crippen molar-refractivity contribution in [2.45, 2.75) is 31.7 Å². The Morgan fingerprint density at radius 1 is 0.965 bits per heavy atom. The van der Waals surface area contributed by atoms with Gasteiger partial charge in [0, 0.05) is 48.0 Å². The maximum absolute atomic E-state index is 14.2. The van der Waals surface area contributed by atoms with E-state index in [2.05, 4.69) is 20.9 Å². The highest BCUT2D eigenvalue weighted by atomic mass is 19.4. The number of aliphatic hydroxyl groups is 1. The molecule has 1 aliphatic rings. The number of rotatable bonds is 15. The number of amides is 2. The largest absolute Gasteiger partial charge is 0.490 e. The fourth-order valence-corrected chi connectivity index (χ4v) is 6.24. The van der Waals surface area contributed by atoms with Crippen LogP contribution in [-0.4, -0.2) is 67.0 Å². The molecule has 294 valence electrons. The minimum absolute atomic E-state index is 0.0276. The average molecular weight is 785 g/mol. The number of nitriles is 2. The molecule has 0 saturated heterocycles. The van der Waals surface area contributed by atoms with Gasteiger partial charge in [0.25, 0.3) is 11.8 Å². The minimum Gasteiger partial charge on any atom is -0.490 e. The predicted molar refractivity (Wildman–Crippen MR) is 200 cm³/mol. The molecule has 2 amide bonds. The van der Waals surface area contributed by atoms with E-state index in [-0.39, 0.29) is 37.2 Å². The van der Waals surface area contributed by atoms with Crippen molar-refractivity contribution in [3.05, 3.63) is 112 Å². The summed E-state index contributed by atoms with van der Waals surface area (Å²) < 4.78 is 72.7. The van der Waals surface area contributed by atoms with E-state index in [0.717, 1.165) is 40.8 Å². The first-order valence-electron chi connectivity index (χ1n) is 17.7. The second-order valence-corrected chi connectivity index (χ2v) is 13.4. The molecule has 2 heterocycles. The van der Waals surface area contributed by atoms with E-state index < -0.39 is 47.0 Å². The van der Waals surface area contributed by atoms with E-state index in [1.54, 1.807) is 0 Å². The topological polar surface area (TPSA) is 182 Å². The Morgan fingerprint density at radius 2 is 1.72 bits per heavy atom. The van der Waals surface area contributed by atoms with Gasteiger partial charge in [-0.05, 0) is 72.5 Å². The molecule has 16 heteroatoms. The Hall–Kier alpha value is -6.46. The van der Waals surface area contributed by atoms with Gasteiger partial charge in [-0.2, -0.15) is 23.7 Å². The third-order valence-electron chi connectivity index (χ3n) is 9.12. The number of hydrogen-bond acceptors (Lipinski definition) is 9. The van der Waals surface area contributed by atoms with Crippen LogP contribution in [0.5, 0.6) is 11.5 Å². The van der Waals surface area contributed by atoms with Crippen LogP contribution in [0.4, 0.5) is 23.2 Å². The Kier molecular flexibility index (Phi) is 12.1. The first-order valence-corrected chi connectivity index (χ1v) is 17.7. The highest BCUT2D eigenvalue weighted by Crippen LogP contribution is 2.39. The molecule has 57 heavy (non-hydrogen) atoms. The normalized spacial score (nSPS) is 13.5. The number of hydrogen-bond donors (Lipinski definition) is 5. The number of nitrogens with one attached hydrogen (secondary N) is 4. The highest BCUT2D eigenvalue weighted by molar-refractivity contribution is 6.10. The maximum atomic E-state index is 14.2. The molecule has 6 rings (SSSR count). The number of halogens is 4. The van der Waals surface area contributed by atoms with Gasteiger partial charge >= 0.3 is 6.18 Å². The van der Waals surface area contributed by atoms with Crippen LogP contribution in [0.2, 0.25) is 0 Å². The molecule has 1 atom stereocenters. The number of anilines is 1. The standard InChI is InChI=1S/C41H36F4N6O6/c1-40(54,23-57-29-8-4-24(20-46)5-9-29)39(53)50-28-18-33(41(43,44)45)32(21-47)35(19-28)56-15-14-55-13-12-48-22-25-2-6-26(7-3-25)37-30-10-11-49-38(52)31-16-27(42)17-34(51-37)36(30)31/h2-9,16-19,48,51,54H,10-15,22-23H2,1H3,(H,49,52)(H,50,53)/t40-/m1/s1.